The molecule has 0 fully saturated rings. The molecule has 0 aliphatic carbocycles. The molecule has 0 saturated carbocycles. The molecule has 29 heavy (non-hydrogen) atoms. The van der Waals surface area contributed by atoms with Gasteiger partial charge in [0.2, 0.25) is 0 Å². The van der Waals surface area contributed by atoms with Crippen LogP contribution in [0.1, 0.15) is 33.6 Å². The average molecular weight is 397 g/mol. The highest BCUT2D eigenvalue weighted by atomic mass is 19.1. The van der Waals surface area contributed by atoms with Crippen LogP contribution in [0.25, 0.3) is 22.4 Å². The van der Waals surface area contributed by atoms with Crippen molar-refractivity contribution in [3.8, 4) is 11.3 Å². The lowest BCUT2D eigenvalue weighted by Crippen LogP contribution is -2.25. The Hall–Kier alpha value is -2.80. The van der Waals surface area contributed by atoms with Gasteiger partial charge in [-0.2, -0.15) is 0 Å². The first-order valence-corrected chi connectivity index (χ1v) is 10.2. The molecule has 0 aliphatic rings. The van der Waals surface area contributed by atoms with Gasteiger partial charge in [-0.3, -0.25) is 0 Å². The molecule has 1 atom stereocenters. The minimum absolute atomic E-state index is 0.256. The molecule has 2 aromatic heterocycles. The fourth-order valence-electron chi connectivity index (χ4n) is 3.38. The third-order valence-electron chi connectivity index (χ3n) is 5.08. The van der Waals surface area contributed by atoms with Crippen molar-refractivity contribution in [1.82, 2.24) is 19.9 Å². The molecule has 2 heterocycles. The third kappa shape index (κ3) is 5.38. The van der Waals surface area contributed by atoms with Crippen molar-refractivity contribution >= 4 is 22.7 Å². The van der Waals surface area contributed by atoms with Crippen molar-refractivity contribution < 1.29 is 4.39 Å². The lowest BCUT2D eigenvalue weighted by molar-refractivity contribution is 0.295. The van der Waals surface area contributed by atoms with Crippen molar-refractivity contribution in [2.45, 2.75) is 39.7 Å². The van der Waals surface area contributed by atoms with Gasteiger partial charge in [-0.1, -0.05) is 13.8 Å². The quantitative estimate of drug-likeness (QED) is 0.560. The number of nitrogens with one attached hydrogen (secondary N) is 1. The Morgan fingerprint density at radius 1 is 1.14 bits per heavy atom. The number of nitrogens with two attached hydrogens (primary N) is 1. The number of benzene rings is 1. The largest absolute Gasteiger partial charge is 0.384 e. The number of nitrogens with zero attached hydrogens (tertiary/aromatic N) is 4. The van der Waals surface area contributed by atoms with E-state index in [0.29, 0.717) is 22.7 Å². The number of halogens is 1. The molecule has 0 saturated heterocycles. The van der Waals surface area contributed by atoms with Crippen molar-refractivity contribution in [3.63, 3.8) is 0 Å². The summed E-state index contributed by atoms with van der Waals surface area (Å²) in [7, 11) is 0. The van der Waals surface area contributed by atoms with Gasteiger partial charge in [-0.15, -0.1) is 0 Å². The van der Waals surface area contributed by atoms with E-state index in [1.807, 2.05) is 0 Å². The van der Waals surface area contributed by atoms with E-state index >= 15 is 0 Å². The number of hydrogen-bond acceptors (Lipinski definition) is 6. The minimum Gasteiger partial charge on any atom is -0.384 e. The van der Waals surface area contributed by atoms with Gasteiger partial charge in [0.05, 0.1) is 17.6 Å². The molecule has 3 aromatic rings. The van der Waals surface area contributed by atoms with Crippen LogP contribution in [0.5, 0.6) is 0 Å². The second kappa shape index (κ2) is 9.60. The smallest absolute Gasteiger partial charge is 0.182 e. The molecule has 0 aliphatic heterocycles. The summed E-state index contributed by atoms with van der Waals surface area (Å²) in [5, 5.41) is 3.52. The fourth-order valence-corrected chi connectivity index (χ4v) is 3.38. The summed E-state index contributed by atoms with van der Waals surface area (Å²) in [6.45, 7) is 9.77. The van der Waals surface area contributed by atoms with E-state index in [9.17, 15) is 4.39 Å². The van der Waals surface area contributed by atoms with Crippen molar-refractivity contribution in [2.75, 3.05) is 30.7 Å². The lowest BCUT2D eigenvalue weighted by atomic mass is 10.1. The maximum Gasteiger partial charge on any atom is 0.182 e. The number of fused-ring (bicyclic) bond motifs is 1. The Balaban J connectivity index is 1.80. The van der Waals surface area contributed by atoms with Gasteiger partial charge < -0.3 is 16.0 Å². The highest BCUT2D eigenvalue weighted by molar-refractivity contribution is 5.88. The normalized spacial score (nSPS) is 12.4. The summed E-state index contributed by atoms with van der Waals surface area (Å²) < 4.78 is 13.2. The Labute approximate surface area is 171 Å². The minimum atomic E-state index is -0.280. The van der Waals surface area contributed by atoms with E-state index < -0.39 is 0 Å². The maximum absolute atomic E-state index is 13.2. The van der Waals surface area contributed by atoms with E-state index in [1.54, 1.807) is 24.4 Å². The Morgan fingerprint density at radius 2 is 1.86 bits per heavy atom. The van der Waals surface area contributed by atoms with E-state index in [0.717, 1.165) is 43.7 Å². The molecule has 1 unspecified atom stereocenters. The van der Waals surface area contributed by atoms with Gasteiger partial charge in [-0.25, -0.2) is 19.3 Å². The van der Waals surface area contributed by atoms with Crippen LogP contribution in [0.2, 0.25) is 0 Å². The zero-order valence-corrected chi connectivity index (χ0v) is 17.3. The number of anilines is 2. The molecule has 3 N–H and O–H groups in total. The average Bonchev–Trinajstić information content (AvgIpc) is 2.71. The van der Waals surface area contributed by atoms with Gasteiger partial charge in [-0.05, 0) is 63.7 Å². The Kier molecular flexibility index (Phi) is 6.93. The number of pyridine rings is 1. The molecule has 0 amide bonds. The number of nitrogen functional groups attached to an aromatic ring is 1. The van der Waals surface area contributed by atoms with E-state index in [-0.39, 0.29) is 11.9 Å². The predicted molar refractivity (Wildman–Crippen MR) is 117 cm³/mol. The predicted octanol–water partition coefficient (Wildman–Crippen LogP) is 4.34. The molecule has 0 spiro atoms. The summed E-state index contributed by atoms with van der Waals surface area (Å²) in [6, 6.07) is 8.27. The van der Waals surface area contributed by atoms with Gasteiger partial charge >= 0.3 is 0 Å². The Bertz CT molecular complexity index is 940. The fraction of sp³-hybridized carbons (Fsp3) is 0.409. The zero-order valence-electron chi connectivity index (χ0n) is 17.3. The lowest BCUT2D eigenvalue weighted by Gasteiger charge is -2.20. The SMILES string of the molecule is CCN(CC)CCCC(C)Nc1cc(N)nc2ncc(-c3ccc(F)cc3)nc12. The third-order valence-corrected chi connectivity index (χ3v) is 5.08. The molecule has 154 valence electrons. The van der Waals surface area contributed by atoms with Crippen LogP contribution in [0.15, 0.2) is 36.5 Å². The van der Waals surface area contributed by atoms with E-state index in [2.05, 4.69) is 41.0 Å². The monoisotopic (exact) mass is 396 g/mol. The molecule has 0 radical (unpaired) electrons. The maximum atomic E-state index is 13.2. The van der Waals surface area contributed by atoms with E-state index in [1.165, 1.54) is 12.1 Å². The summed E-state index contributed by atoms with van der Waals surface area (Å²) >= 11 is 0. The van der Waals surface area contributed by atoms with Gasteiger partial charge in [0, 0.05) is 17.7 Å². The molecule has 1 aromatic carbocycles. The van der Waals surface area contributed by atoms with Crippen LogP contribution < -0.4 is 11.1 Å². The summed E-state index contributed by atoms with van der Waals surface area (Å²) in [4.78, 5) is 15.9. The van der Waals surface area contributed by atoms with Crippen LogP contribution in [0, 0.1) is 5.82 Å². The van der Waals surface area contributed by atoms with Crippen LogP contribution >= 0.6 is 0 Å². The molecule has 7 heteroatoms. The topological polar surface area (TPSA) is 80.0 Å². The van der Waals surface area contributed by atoms with Crippen molar-refractivity contribution in [3.05, 3.63) is 42.3 Å². The summed E-state index contributed by atoms with van der Waals surface area (Å²) in [5.74, 6) is 0.122. The molecule has 6 nitrogen and oxygen atoms in total. The van der Waals surface area contributed by atoms with Gasteiger partial charge in [0.1, 0.15) is 17.2 Å². The van der Waals surface area contributed by atoms with Gasteiger partial charge in [0.15, 0.2) is 5.65 Å². The number of hydrogen-bond donors (Lipinski definition) is 2. The standard InChI is InChI=1S/C22H29FN6/c1-4-29(5-2)12-6-7-15(3)26-18-13-20(24)28-22-21(18)27-19(14-25-22)16-8-10-17(23)11-9-16/h8-11,13-15H,4-7,12H2,1-3H3,(H3,24,25,26,28). The number of aromatic nitrogens is 3. The van der Waals surface area contributed by atoms with Crippen LogP contribution in [-0.4, -0.2) is 45.5 Å². The first-order valence-electron chi connectivity index (χ1n) is 10.2. The molecular formula is C22H29FN6. The first kappa shape index (κ1) is 20.9. The highest BCUT2D eigenvalue weighted by Gasteiger charge is 2.12. The summed E-state index contributed by atoms with van der Waals surface area (Å²) in [6.07, 6.45) is 3.78. The van der Waals surface area contributed by atoms with Gasteiger partial charge in [0.25, 0.3) is 0 Å². The van der Waals surface area contributed by atoms with Crippen molar-refractivity contribution in [1.29, 1.82) is 0 Å². The van der Waals surface area contributed by atoms with Crippen molar-refractivity contribution in [2.24, 2.45) is 0 Å². The van der Waals surface area contributed by atoms with Crippen LogP contribution in [0.3, 0.4) is 0 Å². The molecular weight excluding hydrogens is 367 g/mol. The second-order valence-electron chi connectivity index (χ2n) is 7.24. The summed E-state index contributed by atoms with van der Waals surface area (Å²) in [5.41, 5.74) is 9.42. The van der Waals surface area contributed by atoms with E-state index in [4.69, 9.17) is 10.7 Å². The highest BCUT2D eigenvalue weighted by Crippen LogP contribution is 2.26. The Morgan fingerprint density at radius 3 is 2.55 bits per heavy atom. The molecule has 0 bridgehead atoms. The van der Waals surface area contributed by atoms with Crippen LogP contribution in [0.4, 0.5) is 15.9 Å². The second-order valence-corrected chi connectivity index (χ2v) is 7.24. The number of rotatable bonds is 9. The first-order chi connectivity index (χ1) is 14.0. The zero-order chi connectivity index (χ0) is 20.8. The molecule has 3 rings (SSSR count). The van der Waals surface area contributed by atoms with Crippen LogP contribution in [-0.2, 0) is 0 Å².